The largest absolute Gasteiger partial charge is 0.497 e. The number of nitrogens with zero attached hydrogens (tertiary/aromatic N) is 1. The van der Waals surface area contributed by atoms with E-state index in [0.717, 1.165) is 43.2 Å². The van der Waals surface area contributed by atoms with Crippen molar-refractivity contribution in [3.63, 3.8) is 0 Å². The number of hydrogen-bond donors (Lipinski definition) is 3. The summed E-state index contributed by atoms with van der Waals surface area (Å²) in [5, 5.41) is 5.49. The molecule has 0 aliphatic rings. The van der Waals surface area contributed by atoms with E-state index >= 15 is 0 Å². The van der Waals surface area contributed by atoms with Gasteiger partial charge in [0.2, 0.25) is 11.8 Å². The second kappa shape index (κ2) is 17.3. The lowest BCUT2D eigenvalue weighted by Crippen LogP contribution is -2.53. The highest BCUT2D eigenvalue weighted by Gasteiger charge is 2.37. The van der Waals surface area contributed by atoms with Gasteiger partial charge < -0.3 is 30.7 Å². The number of amides is 4. The van der Waals surface area contributed by atoms with E-state index in [1.165, 1.54) is 4.90 Å². The Morgan fingerprint density at radius 2 is 1.57 bits per heavy atom. The average Bonchev–Trinajstić information content (AvgIpc) is 2.94. The van der Waals surface area contributed by atoms with Crippen molar-refractivity contribution in [2.75, 3.05) is 19.0 Å². The summed E-state index contributed by atoms with van der Waals surface area (Å²) in [6, 6.07) is 10.3. The zero-order valence-electron chi connectivity index (χ0n) is 27.3. The highest BCUT2D eigenvalue weighted by molar-refractivity contribution is 6.00. The molecule has 2 unspecified atom stereocenters. The van der Waals surface area contributed by atoms with Gasteiger partial charge in [0.25, 0.3) is 5.91 Å². The Bertz CT molecular complexity index is 1260. The van der Waals surface area contributed by atoms with E-state index in [1.807, 2.05) is 32.0 Å². The molecule has 0 heterocycles. The van der Waals surface area contributed by atoms with Crippen molar-refractivity contribution in [2.24, 2.45) is 5.73 Å². The summed E-state index contributed by atoms with van der Waals surface area (Å²) in [6.07, 6.45) is 4.46. The van der Waals surface area contributed by atoms with Crippen LogP contribution in [0.4, 0.5) is 10.5 Å². The fraction of sp³-hybridized carbons (Fsp3) is 0.529. The molecule has 0 saturated carbocycles. The molecule has 0 bridgehead atoms. The second-order valence-corrected chi connectivity index (χ2v) is 12.1. The van der Waals surface area contributed by atoms with Gasteiger partial charge in [0.15, 0.2) is 0 Å². The molecule has 44 heavy (non-hydrogen) atoms. The minimum atomic E-state index is -1.33. The van der Waals surface area contributed by atoms with Crippen molar-refractivity contribution >= 4 is 29.5 Å². The number of anilines is 1. The number of primary amides is 1. The number of benzene rings is 2. The van der Waals surface area contributed by atoms with E-state index in [9.17, 15) is 19.2 Å². The van der Waals surface area contributed by atoms with Gasteiger partial charge in [-0.3, -0.25) is 14.4 Å². The monoisotopic (exact) mass is 610 g/mol. The van der Waals surface area contributed by atoms with Crippen molar-refractivity contribution in [2.45, 2.75) is 104 Å². The van der Waals surface area contributed by atoms with Crippen LogP contribution < -0.4 is 21.1 Å². The Kier molecular flexibility index (Phi) is 14.2. The molecule has 2 atom stereocenters. The Labute approximate surface area is 262 Å². The molecule has 242 valence electrons. The third kappa shape index (κ3) is 11.9. The summed E-state index contributed by atoms with van der Waals surface area (Å²) in [6.45, 7) is 11.3. The van der Waals surface area contributed by atoms with Crippen molar-refractivity contribution in [1.29, 1.82) is 0 Å². The van der Waals surface area contributed by atoms with Gasteiger partial charge in [0.05, 0.1) is 13.5 Å². The predicted molar refractivity (Wildman–Crippen MR) is 172 cm³/mol. The lowest BCUT2D eigenvalue weighted by Gasteiger charge is -2.35. The predicted octanol–water partition coefficient (Wildman–Crippen LogP) is 5.95. The summed E-state index contributed by atoms with van der Waals surface area (Å²) in [5.74, 6) is -1.17. The van der Waals surface area contributed by atoms with E-state index < -0.39 is 47.9 Å². The maximum absolute atomic E-state index is 14.3. The van der Waals surface area contributed by atoms with Gasteiger partial charge in [-0.25, -0.2) is 4.79 Å². The first-order chi connectivity index (χ1) is 20.7. The van der Waals surface area contributed by atoms with E-state index in [-0.39, 0.29) is 6.54 Å². The van der Waals surface area contributed by atoms with Crippen LogP contribution in [0.3, 0.4) is 0 Å². The molecule has 4 amide bonds. The number of carbonyl (C=O) groups excluding carboxylic acids is 4. The van der Waals surface area contributed by atoms with Crippen LogP contribution in [0.15, 0.2) is 42.5 Å². The van der Waals surface area contributed by atoms with Crippen LogP contribution in [0, 0.1) is 13.8 Å². The van der Waals surface area contributed by atoms with Crippen molar-refractivity contribution in [3.05, 3.63) is 59.2 Å². The SMILES string of the molecule is CCCCCCCCN(C(=O)C(CC(N)=O)NC(=O)OC(C)(C)C)C(C(=O)Nc1ccc(OC)cc1)c1cc(C)ccc1C. The number of aryl methyl sites for hydroxylation is 2. The standard InChI is InChI=1S/C34H50N4O6/c1-8-9-10-11-12-13-20-38(32(41)28(22-29(35)39)37-33(42)44-34(4,5)6)30(27-21-23(2)14-15-24(27)3)31(40)36-25-16-18-26(43-7)19-17-25/h14-19,21,28,30H,8-13,20,22H2,1-7H3,(H2,35,39)(H,36,40)(H,37,42). The van der Waals surface area contributed by atoms with Crippen LogP contribution >= 0.6 is 0 Å². The molecular weight excluding hydrogens is 560 g/mol. The molecule has 10 heteroatoms. The summed E-state index contributed by atoms with van der Waals surface area (Å²) < 4.78 is 10.6. The van der Waals surface area contributed by atoms with Crippen LogP contribution in [0.25, 0.3) is 0 Å². The first-order valence-electron chi connectivity index (χ1n) is 15.4. The van der Waals surface area contributed by atoms with Gasteiger partial charge in [-0.05, 0) is 76.4 Å². The zero-order chi connectivity index (χ0) is 32.9. The average molecular weight is 611 g/mol. The molecule has 4 N–H and O–H groups in total. The van der Waals surface area contributed by atoms with Crippen molar-refractivity contribution in [1.82, 2.24) is 10.2 Å². The van der Waals surface area contributed by atoms with E-state index in [4.69, 9.17) is 15.2 Å². The topological polar surface area (TPSA) is 140 Å². The summed E-state index contributed by atoms with van der Waals surface area (Å²) in [5.41, 5.74) is 7.60. The van der Waals surface area contributed by atoms with Crippen molar-refractivity contribution < 1.29 is 28.7 Å². The Morgan fingerprint density at radius 3 is 2.16 bits per heavy atom. The summed E-state index contributed by atoms with van der Waals surface area (Å²) in [7, 11) is 1.56. The molecular formula is C34H50N4O6. The summed E-state index contributed by atoms with van der Waals surface area (Å²) in [4.78, 5) is 54.8. The van der Waals surface area contributed by atoms with Crippen LogP contribution in [-0.4, -0.2) is 54.0 Å². The number of rotatable bonds is 16. The van der Waals surface area contributed by atoms with E-state index in [1.54, 1.807) is 52.1 Å². The molecule has 0 aliphatic heterocycles. The van der Waals surface area contributed by atoms with Crippen LogP contribution in [0.2, 0.25) is 0 Å². The van der Waals surface area contributed by atoms with Crippen LogP contribution in [-0.2, 0) is 19.1 Å². The maximum Gasteiger partial charge on any atom is 0.408 e. The molecule has 0 fully saturated rings. The first kappa shape index (κ1) is 36.1. The third-order valence-corrected chi connectivity index (χ3v) is 7.08. The highest BCUT2D eigenvalue weighted by atomic mass is 16.6. The molecule has 2 aromatic rings. The Morgan fingerprint density at radius 1 is 0.932 bits per heavy atom. The molecule has 0 aromatic heterocycles. The number of carbonyl (C=O) groups is 4. The molecule has 0 saturated heterocycles. The highest BCUT2D eigenvalue weighted by Crippen LogP contribution is 2.29. The molecule has 2 aromatic carbocycles. The van der Waals surface area contributed by atoms with Gasteiger partial charge in [-0.1, -0.05) is 62.8 Å². The van der Waals surface area contributed by atoms with Crippen LogP contribution in [0.1, 0.15) is 95.4 Å². The fourth-order valence-electron chi connectivity index (χ4n) is 4.87. The van der Waals surface area contributed by atoms with Crippen LogP contribution in [0.5, 0.6) is 5.75 Å². The number of ether oxygens (including phenoxy) is 2. The Hall–Kier alpha value is -4.08. The molecule has 0 radical (unpaired) electrons. The minimum absolute atomic E-state index is 0.226. The second-order valence-electron chi connectivity index (χ2n) is 12.1. The van der Waals surface area contributed by atoms with E-state index in [2.05, 4.69) is 17.6 Å². The number of nitrogens with two attached hydrogens (primary N) is 1. The molecule has 2 rings (SSSR count). The molecule has 0 aliphatic carbocycles. The normalized spacial score (nSPS) is 12.5. The molecule has 10 nitrogen and oxygen atoms in total. The smallest absolute Gasteiger partial charge is 0.408 e. The number of alkyl carbamates (subject to hydrolysis) is 1. The fourth-order valence-corrected chi connectivity index (χ4v) is 4.87. The van der Waals surface area contributed by atoms with E-state index in [0.29, 0.717) is 23.4 Å². The maximum atomic E-state index is 14.3. The lowest BCUT2D eigenvalue weighted by molar-refractivity contribution is -0.142. The number of unbranched alkanes of at least 4 members (excludes halogenated alkanes) is 5. The Balaban J connectivity index is 2.57. The van der Waals surface area contributed by atoms with Gasteiger partial charge in [0, 0.05) is 12.2 Å². The van der Waals surface area contributed by atoms with Crippen molar-refractivity contribution in [3.8, 4) is 5.75 Å². The lowest BCUT2D eigenvalue weighted by atomic mass is 9.95. The van der Waals surface area contributed by atoms with Gasteiger partial charge >= 0.3 is 6.09 Å². The number of nitrogens with one attached hydrogen (secondary N) is 2. The first-order valence-corrected chi connectivity index (χ1v) is 15.4. The minimum Gasteiger partial charge on any atom is -0.497 e. The molecule has 0 spiro atoms. The third-order valence-electron chi connectivity index (χ3n) is 7.08. The van der Waals surface area contributed by atoms with Gasteiger partial charge in [-0.15, -0.1) is 0 Å². The number of hydrogen-bond acceptors (Lipinski definition) is 6. The quantitative estimate of drug-likeness (QED) is 0.201. The summed E-state index contributed by atoms with van der Waals surface area (Å²) >= 11 is 0. The van der Waals surface area contributed by atoms with Gasteiger partial charge in [-0.2, -0.15) is 0 Å². The number of methoxy groups -OCH3 is 1. The zero-order valence-corrected chi connectivity index (χ0v) is 27.3. The van der Waals surface area contributed by atoms with Gasteiger partial charge in [0.1, 0.15) is 23.4 Å².